The van der Waals surface area contributed by atoms with Crippen molar-refractivity contribution in [1.29, 1.82) is 0 Å². The molecule has 1 fully saturated rings. The van der Waals surface area contributed by atoms with E-state index in [9.17, 15) is 9.36 Å². The van der Waals surface area contributed by atoms with E-state index in [0.29, 0.717) is 22.5 Å². The highest BCUT2D eigenvalue weighted by Gasteiger charge is 2.33. The fourth-order valence-electron chi connectivity index (χ4n) is 2.50. The molecule has 1 aliphatic carbocycles. The zero-order chi connectivity index (χ0) is 16.4. The first-order valence-electron chi connectivity index (χ1n) is 7.35. The summed E-state index contributed by atoms with van der Waals surface area (Å²) >= 11 is 0. The molecule has 0 spiro atoms. The number of hydrogen-bond acceptors (Lipinski definition) is 6. The second-order valence-corrected chi connectivity index (χ2v) is 7.77. The van der Waals surface area contributed by atoms with Crippen molar-refractivity contribution in [3.8, 4) is 0 Å². The van der Waals surface area contributed by atoms with Crippen LogP contribution in [0.1, 0.15) is 46.0 Å². The molecule has 2 aromatic rings. The van der Waals surface area contributed by atoms with Crippen LogP contribution in [0.3, 0.4) is 0 Å². The van der Waals surface area contributed by atoms with Crippen molar-refractivity contribution in [2.24, 2.45) is 0 Å². The van der Waals surface area contributed by atoms with Gasteiger partial charge < -0.3 is 13.6 Å². The number of ketones is 1. The molecule has 122 valence electrons. The Morgan fingerprint density at radius 3 is 2.61 bits per heavy atom. The van der Waals surface area contributed by atoms with Crippen LogP contribution < -0.4 is 0 Å². The summed E-state index contributed by atoms with van der Waals surface area (Å²) in [6.07, 6.45) is 3.52. The van der Waals surface area contributed by atoms with E-state index >= 15 is 0 Å². The Morgan fingerprint density at radius 1 is 1.26 bits per heavy atom. The topological polar surface area (TPSA) is 78.6 Å². The number of carbonyl (C=O) groups excluding carboxylic acids is 1. The molecule has 1 aromatic heterocycles. The van der Waals surface area contributed by atoms with Crippen LogP contribution in [0.25, 0.3) is 0 Å². The number of carbonyl (C=O) groups is 1. The molecule has 23 heavy (non-hydrogen) atoms. The van der Waals surface area contributed by atoms with E-state index in [1.54, 1.807) is 24.3 Å². The molecule has 7 heteroatoms. The fraction of sp³-hybridized carbons (Fsp3) is 0.375. The van der Waals surface area contributed by atoms with E-state index in [-0.39, 0.29) is 17.9 Å². The molecule has 3 rings (SSSR count). The molecule has 1 saturated carbocycles. The second kappa shape index (κ2) is 6.40. The quantitative estimate of drug-likeness (QED) is 0.566. The molecule has 0 amide bonds. The molecule has 0 saturated heterocycles. The van der Waals surface area contributed by atoms with Crippen molar-refractivity contribution in [1.82, 2.24) is 5.16 Å². The minimum Gasteiger partial charge on any atom is -0.360 e. The van der Waals surface area contributed by atoms with E-state index in [0.717, 1.165) is 12.8 Å². The number of hydrogen-bond donors (Lipinski definition) is 0. The summed E-state index contributed by atoms with van der Waals surface area (Å²) in [6.45, 7) is 0. The van der Waals surface area contributed by atoms with Crippen LogP contribution in [0, 0.1) is 0 Å². The Labute approximate surface area is 134 Å². The van der Waals surface area contributed by atoms with Gasteiger partial charge in [-0.15, -0.1) is 0 Å². The highest BCUT2D eigenvalue weighted by Crippen LogP contribution is 2.50. The van der Waals surface area contributed by atoms with Gasteiger partial charge in [-0.2, -0.15) is 0 Å². The predicted octanol–water partition coefficient (Wildman–Crippen LogP) is 3.77. The van der Waals surface area contributed by atoms with Gasteiger partial charge in [0.15, 0.2) is 11.5 Å². The third-order valence-corrected chi connectivity index (χ3v) is 5.81. The second-order valence-electron chi connectivity index (χ2n) is 5.50. The molecule has 1 heterocycles. The summed E-state index contributed by atoms with van der Waals surface area (Å²) in [5.74, 6) is 0.752. The fourth-order valence-corrected chi connectivity index (χ4v) is 3.60. The molecule has 6 nitrogen and oxygen atoms in total. The van der Waals surface area contributed by atoms with Crippen LogP contribution in [0.15, 0.2) is 35.0 Å². The van der Waals surface area contributed by atoms with Gasteiger partial charge in [-0.05, 0) is 18.4 Å². The summed E-state index contributed by atoms with van der Waals surface area (Å²) < 4.78 is 27.6. The van der Waals surface area contributed by atoms with Crippen LogP contribution in [0.5, 0.6) is 0 Å². The van der Waals surface area contributed by atoms with Crippen molar-refractivity contribution in [2.75, 3.05) is 14.2 Å². The van der Waals surface area contributed by atoms with Crippen LogP contribution >= 0.6 is 7.60 Å². The van der Waals surface area contributed by atoms with Crippen molar-refractivity contribution in [3.05, 3.63) is 52.9 Å². The Bertz CT molecular complexity index is 757. The summed E-state index contributed by atoms with van der Waals surface area (Å²) in [4.78, 5) is 12.9. The van der Waals surface area contributed by atoms with Crippen molar-refractivity contribution >= 4 is 13.4 Å². The Morgan fingerprint density at radius 2 is 1.96 bits per heavy atom. The van der Waals surface area contributed by atoms with Gasteiger partial charge in [0, 0.05) is 25.7 Å². The first-order chi connectivity index (χ1) is 11.1. The van der Waals surface area contributed by atoms with Crippen molar-refractivity contribution in [3.63, 3.8) is 0 Å². The molecule has 1 aliphatic rings. The maximum Gasteiger partial charge on any atom is 0.334 e. The number of benzene rings is 1. The van der Waals surface area contributed by atoms with Gasteiger partial charge >= 0.3 is 7.60 Å². The SMILES string of the molecule is COP(=O)(Cc1ccccc1C(=O)c1cnoc1C1CC1)OC. The molecule has 1 aromatic carbocycles. The van der Waals surface area contributed by atoms with Gasteiger partial charge in [0.25, 0.3) is 0 Å². The lowest BCUT2D eigenvalue weighted by Crippen LogP contribution is -2.07. The molecule has 0 atom stereocenters. The zero-order valence-corrected chi connectivity index (χ0v) is 13.9. The van der Waals surface area contributed by atoms with Gasteiger partial charge in [0.2, 0.25) is 0 Å². The van der Waals surface area contributed by atoms with Gasteiger partial charge in [0.1, 0.15) is 0 Å². The van der Waals surface area contributed by atoms with E-state index < -0.39 is 7.60 Å². The first-order valence-corrected chi connectivity index (χ1v) is 9.08. The van der Waals surface area contributed by atoms with Crippen LogP contribution in [0.2, 0.25) is 0 Å². The van der Waals surface area contributed by atoms with Crippen molar-refractivity contribution in [2.45, 2.75) is 24.9 Å². The maximum atomic E-state index is 12.9. The number of nitrogens with zero attached hydrogens (tertiary/aromatic N) is 1. The molecular weight excluding hydrogens is 317 g/mol. The normalized spacial score (nSPS) is 14.9. The number of aromatic nitrogens is 1. The Balaban J connectivity index is 1.95. The van der Waals surface area contributed by atoms with Gasteiger partial charge in [-0.1, -0.05) is 29.4 Å². The standard InChI is InChI=1S/C16H18NO5P/c1-20-23(19,21-2)10-12-5-3-4-6-13(12)15(18)14-9-17-22-16(14)11-7-8-11/h3-6,9,11H,7-8,10H2,1-2H3. The summed E-state index contributed by atoms with van der Waals surface area (Å²) in [5.41, 5.74) is 1.56. The maximum absolute atomic E-state index is 12.9. The van der Waals surface area contributed by atoms with Gasteiger partial charge in [0.05, 0.1) is 17.9 Å². The number of rotatable bonds is 7. The minimum atomic E-state index is -3.26. The smallest absolute Gasteiger partial charge is 0.334 e. The van der Waals surface area contributed by atoms with Crippen molar-refractivity contribution < 1.29 is 22.9 Å². The Hall–Kier alpha value is -1.75. The molecule has 0 aliphatic heterocycles. The molecule has 0 N–H and O–H groups in total. The first kappa shape index (κ1) is 16.1. The third kappa shape index (κ3) is 3.29. The largest absolute Gasteiger partial charge is 0.360 e. The average Bonchev–Trinajstić information content (AvgIpc) is 3.31. The predicted molar refractivity (Wildman–Crippen MR) is 83.7 cm³/mol. The molecular formula is C16H18NO5P. The lowest BCUT2D eigenvalue weighted by Gasteiger charge is -2.15. The summed E-state index contributed by atoms with van der Waals surface area (Å²) in [6, 6.07) is 7.02. The monoisotopic (exact) mass is 335 g/mol. The Kier molecular flexibility index (Phi) is 4.48. The van der Waals surface area contributed by atoms with E-state index in [1.807, 2.05) is 0 Å². The summed E-state index contributed by atoms with van der Waals surface area (Å²) in [7, 11) is -0.590. The zero-order valence-electron chi connectivity index (χ0n) is 13.0. The summed E-state index contributed by atoms with van der Waals surface area (Å²) in [5, 5.41) is 3.77. The molecule has 0 bridgehead atoms. The van der Waals surface area contributed by atoms with Crippen LogP contribution in [-0.2, 0) is 19.8 Å². The van der Waals surface area contributed by atoms with E-state index in [4.69, 9.17) is 13.6 Å². The minimum absolute atomic E-state index is 0.0337. The lowest BCUT2D eigenvalue weighted by molar-refractivity contribution is 0.103. The average molecular weight is 335 g/mol. The lowest BCUT2D eigenvalue weighted by atomic mass is 9.99. The third-order valence-electron chi connectivity index (χ3n) is 3.97. The highest BCUT2D eigenvalue weighted by molar-refractivity contribution is 7.52. The van der Waals surface area contributed by atoms with Crippen LogP contribution in [-0.4, -0.2) is 25.2 Å². The van der Waals surface area contributed by atoms with E-state index in [2.05, 4.69) is 5.16 Å². The van der Waals surface area contributed by atoms with E-state index in [1.165, 1.54) is 20.4 Å². The molecule has 0 radical (unpaired) electrons. The van der Waals surface area contributed by atoms with Crippen LogP contribution in [0.4, 0.5) is 0 Å². The highest BCUT2D eigenvalue weighted by atomic mass is 31.2. The van der Waals surface area contributed by atoms with Gasteiger partial charge in [-0.3, -0.25) is 9.36 Å². The van der Waals surface area contributed by atoms with Gasteiger partial charge in [-0.25, -0.2) is 0 Å². The molecule has 0 unspecified atom stereocenters.